The summed E-state index contributed by atoms with van der Waals surface area (Å²) < 4.78 is 1.88. The van der Waals surface area contributed by atoms with Gasteiger partial charge in [-0.15, -0.1) is 0 Å². The molecule has 0 radical (unpaired) electrons. The van der Waals surface area contributed by atoms with Crippen LogP contribution in [0.4, 0.5) is 0 Å². The van der Waals surface area contributed by atoms with Crippen molar-refractivity contribution in [1.82, 2.24) is 19.7 Å². The van der Waals surface area contributed by atoms with Crippen LogP contribution in [0.1, 0.15) is 47.4 Å². The van der Waals surface area contributed by atoms with Gasteiger partial charge in [0, 0.05) is 18.7 Å². The first-order chi connectivity index (χ1) is 16.3. The summed E-state index contributed by atoms with van der Waals surface area (Å²) >= 11 is 0. The SMILES string of the molecule is Cc1ccc(-c2cc(C(=O)N3C[C@H](C)C[C@H](C)C3)c3c(C)nn(-c4cccc(C)c4)c3n2)cc1. The van der Waals surface area contributed by atoms with E-state index in [-0.39, 0.29) is 5.91 Å². The van der Waals surface area contributed by atoms with Crippen LogP contribution in [-0.4, -0.2) is 38.7 Å². The summed E-state index contributed by atoms with van der Waals surface area (Å²) in [5.41, 5.74) is 7.32. The van der Waals surface area contributed by atoms with Crippen molar-refractivity contribution in [3.8, 4) is 16.9 Å². The molecule has 3 heterocycles. The predicted molar refractivity (Wildman–Crippen MR) is 137 cm³/mol. The van der Waals surface area contributed by atoms with Crippen molar-refractivity contribution >= 4 is 16.9 Å². The van der Waals surface area contributed by atoms with E-state index in [2.05, 4.69) is 64.1 Å². The van der Waals surface area contributed by atoms with Crippen LogP contribution in [0.3, 0.4) is 0 Å². The maximum atomic E-state index is 14.0. The van der Waals surface area contributed by atoms with E-state index in [9.17, 15) is 4.79 Å². The molecule has 5 heteroatoms. The van der Waals surface area contributed by atoms with Gasteiger partial charge in [-0.1, -0.05) is 55.8 Å². The maximum absolute atomic E-state index is 14.0. The number of carbonyl (C=O) groups is 1. The molecule has 5 rings (SSSR count). The van der Waals surface area contributed by atoms with Gasteiger partial charge in [0.1, 0.15) is 0 Å². The van der Waals surface area contributed by atoms with Gasteiger partial charge in [-0.2, -0.15) is 5.10 Å². The smallest absolute Gasteiger partial charge is 0.254 e. The van der Waals surface area contributed by atoms with Gasteiger partial charge in [-0.3, -0.25) is 4.79 Å². The summed E-state index contributed by atoms with van der Waals surface area (Å²) in [5, 5.41) is 5.69. The second kappa shape index (κ2) is 8.71. The van der Waals surface area contributed by atoms with Crippen molar-refractivity contribution in [2.45, 2.75) is 41.0 Å². The number of nitrogens with zero attached hydrogens (tertiary/aromatic N) is 4. The Bertz CT molecular complexity index is 1360. The zero-order valence-corrected chi connectivity index (χ0v) is 20.7. The number of fused-ring (bicyclic) bond motifs is 1. The molecule has 2 atom stereocenters. The quantitative estimate of drug-likeness (QED) is 0.376. The fraction of sp³-hybridized carbons (Fsp3) is 0.345. The van der Waals surface area contributed by atoms with Crippen molar-refractivity contribution in [2.24, 2.45) is 11.8 Å². The van der Waals surface area contributed by atoms with Crippen molar-refractivity contribution in [1.29, 1.82) is 0 Å². The Morgan fingerprint density at radius 3 is 2.29 bits per heavy atom. The molecule has 2 aromatic carbocycles. The number of aromatic nitrogens is 3. The van der Waals surface area contributed by atoms with Gasteiger partial charge in [-0.25, -0.2) is 9.67 Å². The molecule has 174 valence electrons. The molecule has 5 nitrogen and oxygen atoms in total. The molecular weight excluding hydrogens is 420 g/mol. The van der Waals surface area contributed by atoms with Crippen molar-refractivity contribution in [3.63, 3.8) is 0 Å². The summed E-state index contributed by atoms with van der Waals surface area (Å²) in [4.78, 5) is 21.0. The second-order valence-corrected chi connectivity index (χ2v) is 10.1. The molecule has 0 saturated carbocycles. The molecule has 34 heavy (non-hydrogen) atoms. The zero-order chi connectivity index (χ0) is 24.0. The Kier molecular flexibility index (Phi) is 5.72. The maximum Gasteiger partial charge on any atom is 0.254 e. The summed E-state index contributed by atoms with van der Waals surface area (Å²) in [5.74, 6) is 1.07. The number of benzene rings is 2. The monoisotopic (exact) mass is 452 g/mol. The normalized spacial score (nSPS) is 18.4. The van der Waals surface area contributed by atoms with Gasteiger partial charge in [0.15, 0.2) is 5.65 Å². The lowest BCUT2D eigenvalue weighted by atomic mass is 9.91. The van der Waals surface area contributed by atoms with Gasteiger partial charge < -0.3 is 4.90 Å². The van der Waals surface area contributed by atoms with E-state index in [0.717, 1.165) is 58.7 Å². The number of aryl methyl sites for hydroxylation is 3. The highest BCUT2D eigenvalue weighted by Crippen LogP contribution is 2.31. The lowest BCUT2D eigenvalue weighted by molar-refractivity contribution is 0.0625. The Morgan fingerprint density at radius 2 is 1.62 bits per heavy atom. The standard InChI is InChI=1S/C29H32N4O/c1-18-9-11-23(12-10-18)26-15-25(29(34)32-16-20(3)13-21(4)17-32)27-22(5)31-33(28(27)30-26)24-8-6-7-19(2)14-24/h6-12,14-15,20-21H,13,16-17H2,1-5H3/t20-,21+. The largest absolute Gasteiger partial charge is 0.338 e. The van der Waals surface area contributed by atoms with E-state index in [0.29, 0.717) is 17.4 Å². The Morgan fingerprint density at radius 1 is 0.912 bits per heavy atom. The summed E-state index contributed by atoms with van der Waals surface area (Å²) in [7, 11) is 0. The molecular formula is C29H32N4O. The zero-order valence-electron chi connectivity index (χ0n) is 20.7. The molecule has 0 spiro atoms. The number of amides is 1. The minimum atomic E-state index is 0.0750. The first-order valence-corrected chi connectivity index (χ1v) is 12.1. The van der Waals surface area contributed by atoms with Gasteiger partial charge in [0.25, 0.3) is 5.91 Å². The van der Waals surface area contributed by atoms with Gasteiger partial charge in [0.2, 0.25) is 0 Å². The Balaban J connectivity index is 1.73. The van der Waals surface area contributed by atoms with E-state index in [1.165, 1.54) is 5.56 Å². The third kappa shape index (κ3) is 4.11. The summed E-state index contributed by atoms with van der Waals surface area (Å²) in [6.45, 7) is 12.2. The van der Waals surface area contributed by atoms with E-state index in [1.54, 1.807) is 0 Å². The molecule has 1 amide bonds. The lowest BCUT2D eigenvalue weighted by Gasteiger charge is -2.35. The van der Waals surface area contributed by atoms with Crippen LogP contribution in [-0.2, 0) is 0 Å². The topological polar surface area (TPSA) is 51.0 Å². The molecule has 0 unspecified atom stereocenters. The van der Waals surface area contributed by atoms with Crippen LogP contribution in [0.25, 0.3) is 28.0 Å². The van der Waals surface area contributed by atoms with E-state index in [1.807, 2.05) is 34.7 Å². The number of carbonyl (C=O) groups excluding carboxylic acids is 1. The van der Waals surface area contributed by atoms with Gasteiger partial charge in [0.05, 0.1) is 28.0 Å². The number of hydrogen-bond acceptors (Lipinski definition) is 3. The van der Waals surface area contributed by atoms with Crippen LogP contribution >= 0.6 is 0 Å². The number of likely N-dealkylation sites (tertiary alicyclic amines) is 1. The van der Waals surface area contributed by atoms with Crippen LogP contribution in [0, 0.1) is 32.6 Å². The minimum Gasteiger partial charge on any atom is -0.338 e. The van der Waals surface area contributed by atoms with Crippen molar-refractivity contribution in [2.75, 3.05) is 13.1 Å². The Hall–Kier alpha value is -3.47. The third-order valence-corrected chi connectivity index (χ3v) is 6.79. The van der Waals surface area contributed by atoms with Crippen LogP contribution in [0.15, 0.2) is 54.6 Å². The van der Waals surface area contributed by atoms with Crippen LogP contribution < -0.4 is 0 Å². The fourth-order valence-corrected chi connectivity index (χ4v) is 5.27. The van der Waals surface area contributed by atoms with Gasteiger partial charge in [-0.05, 0) is 62.8 Å². The Labute approximate surface area is 201 Å². The predicted octanol–water partition coefficient (Wildman–Crippen LogP) is 6.13. The molecule has 0 aliphatic carbocycles. The van der Waals surface area contributed by atoms with E-state index in [4.69, 9.17) is 10.1 Å². The highest BCUT2D eigenvalue weighted by Gasteiger charge is 2.29. The van der Waals surface area contributed by atoms with E-state index < -0.39 is 0 Å². The van der Waals surface area contributed by atoms with E-state index >= 15 is 0 Å². The molecule has 4 aromatic rings. The average molecular weight is 453 g/mol. The number of rotatable bonds is 3. The molecule has 1 fully saturated rings. The molecule has 0 N–H and O–H groups in total. The molecule has 0 bridgehead atoms. The highest BCUT2D eigenvalue weighted by molar-refractivity contribution is 6.07. The molecule has 1 aliphatic rings. The molecule has 1 saturated heterocycles. The molecule has 2 aromatic heterocycles. The number of piperidine rings is 1. The van der Waals surface area contributed by atoms with Crippen molar-refractivity contribution in [3.05, 3.63) is 77.0 Å². The number of hydrogen-bond donors (Lipinski definition) is 0. The fourth-order valence-electron chi connectivity index (χ4n) is 5.27. The average Bonchev–Trinajstić information content (AvgIpc) is 3.14. The minimum absolute atomic E-state index is 0.0750. The molecule has 1 aliphatic heterocycles. The van der Waals surface area contributed by atoms with Crippen LogP contribution in [0.2, 0.25) is 0 Å². The van der Waals surface area contributed by atoms with Crippen molar-refractivity contribution < 1.29 is 4.79 Å². The summed E-state index contributed by atoms with van der Waals surface area (Å²) in [6, 6.07) is 18.5. The third-order valence-electron chi connectivity index (χ3n) is 6.79. The lowest BCUT2D eigenvalue weighted by Crippen LogP contribution is -2.42. The van der Waals surface area contributed by atoms with Crippen LogP contribution in [0.5, 0.6) is 0 Å². The number of pyridine rings is 1. The first kappa shape index (κ1) is 22.3. The first-order valence-electron chi connectivity index (χ1n) is 12.1. The van der Waals surface area contributed by atoms with Gasteiger partial charge >= 0.3 is 0 Å². The summed E-state index contributed by atoms with van der Waals surface area (Å²) in [6.07, 6.45) is 1.16. The second-order valence-electron chi connectivity index (χ2n) is 10.1. The highest BCUT2D eigenvalue weighted by atomic mass is 16.2.